The molecule has 0 radical (unpaired) electrons. The monoisotopic (exact) mass is 238 g/mol. The summed E-state index contributed by atoms with van der Waals surface area (Å²) in [5, 5.41) is 0. The lowest BCUT2D eigenvalue weighted by atomic mass is 11.0. The van der Waals surface area contributed by atoms with E-state index >= 15 is 0 Å². The van der Waals surface area contributed by atoms with E-state index in [1.807, 2.05) is 0 Å². The molecule has 0 amide bonds. The van der Waals surface area contributed by atoms with E-state index in [1.54, 1.807) is 0 Å². The van der Waals surface area contributed by atoms with Gasteiger partial charge in [0.2, 0.25) is 0 Å². The van der Waals surface area contributed by atoms with Crippen LogP contribution < -0.4 is 0 Å². The van der Waals surface area contributed by atoms with Crippen molar-refractivity contribution < 1.29 is 16.8 Å². The lowest BCUT2D eigenvalue weighted by molar-refractivity contribution is 0.593. The third-order valence-electron chi connectivity index (χ3n) is 1.34. The number of alkyl halides is 2. The molecule has 0 spiro atoms. The minimum atomic E-state index is -3.89. The van der Waals surface area contributed by atoms with Crippen LogP contribution in [0.25, 0.3) is 0 Å². The second-order valence-corrected chi connectivity index (χ2v) is 9.08. The van der Waals surface area contributed by atoms with Gasteiger partial charge >= 0.3 is 3.00 Å². The lowest BCUT2D eigenvalue weighted by Crippen LogP contribution is -2.27. The minimum absolute atomic E-state index is 0.498. The minimum Gasteiger partial charge on any atom is -0.225 e. The fourth-order valence-electron chi connectivity index (χ4n) is 0.651. The van der Waals surface area contributed by atoms with Gasteiger partial charge in [0.1, 0.15) is 0 Å². The maximum Gasteiger partial charge on any atom is 0.318 e. The van der Waals surface area contributed by atoms with E-state index in [-0.39, 0.29) is 0 Å². The van der Waals surface area contributed by atoms with E-state index < -0.39 is 34.2 Å². The van der Waals surface area contributed by atoms with Gasteiger partial charge in [0.15, 0.2) is 19.7 Å². The standard InChI is InChI=1S/C3H4Cl2O4S2/c4-3(5)10(6,7)1-2-11(3,8)9/h1-2H2. The Balaban J connectivity index is 3.45. The largest absolute Gasteiger partial charge is 0.318 e. The zero-order valence-corrected chi connectivity index (χ0v) is 8.26. The van der Waals surface area contributed by atoms with Crippen molar-refractivity contribution in [3.05, 3.63) is 0 Å². The first-order chi connectivity index (χ1) is 4.71. The average Bonchev–Trinajstić information content (AvgIpc) is 1.93. The summed E-state index contributed by atoms with van der Waals surface area (Å²) in [5.74, 6) is -0.995. The molecule has 0 bridgehead atoms. The highest BCUT2D eigenvalue weighted by atomic mass is 35.5. The van der Waals surface area contributed by atoms with Crippen LogP contribution in [-0.2, 0) is 19.7 Å². The molecule has 0 aromatic heterocycles. The Kier molecular flexibility index (Phi) is 1.95. The predicted octanol–water partition coefficient (Wildman–Crippen LogP) is -0.0815. The molecule has 11 heavy (non-hydrogen) atoms. The first-order valence-corrected chi connectivity index (χ1v) is 6.59. The van der Waals surface area contributed by atoms with E-state index in [9.17, 15) is 16.8 Å². The highest BCUT2D eigenvalue weighted by molar-refractivity contribution is 8.17. The molecule has 1 aliphatic rings. The Morgan fingerprint density at radius 2 is 1.18 bits per heavy atom. The van der Waals surface area contributed by atoms with Crippen LogP contribution in [0.5, 0.6) is 0 Å². The molecular weight excluding hydrogens is 235 g/mol. The van der Waals surface area contributed by atoms with Gasteiger partial charge in [0.05, 0.1) is 11.5 Å². The summed E-state index contributed by atoms with van der Waals surface area (Å²) in [5.41, 5.74) is 0. The summed E-state index contributed by atoms with van der Waals surface area (Å²) >= 11 is 10.3. The Morgan fingerprint density at radius 1 is 0.909 bits per heavy atom. The molecule has 0 aromatic carbocycles. The van der Waals surface area contributed by atoms with Gasteiger partial charge in [-0.15, -0.1) is 0 Å². The molecule has 1 rings (SSSR count). The van der Waals surface area contributed by atoms with Crippen molar-refractivity contribution in [3.8, 4) is 0 Å². The second kappa shape index (κ2) is 2.25. The topological polar surface area (TPSA) is 68.3 Å². The molecule has 1 aliphatic heterocycles. The van der Waals surface area contributed by atoms with Gasteiger partial charge in [-0.1, -0.05) is 23.2 Å². The Morgan fingerprint density at radius 3 is 1.27 bits per heavy atom. The number of hydrogen-bond donors (Lipinski definition) is 0. The third-order valence-corrected chi connectivity index (χ3v) is 8.88. The molecule has 0 N–H and O–H groups in total. The number of sulfone groups is 2. The number of rotatable bonds is 0. The predicted molar refractivity (Wildman–Crippen MR) is 42.0 cm³/mol. The molecule has 0 unspecified atom stereocenters. The molecule has 1 fully saturated rings. The molecule has 4 nitrogen and oxygen atoms in total. The van der Waals surface area contributed by atoms with Crippen LogP contribution in [0, 0.1) is 0 Å². The maximum absolute atomic E-state index is 10.9. The summed E-state index contributed by atoms with van der Waals surface area (Å²) in [6.07, 6.45) is 0. The molecule has 0 atom stereocenters. The Bertz CT molecular complexity index is 328. The second-order valence-electron chi connectivity index (χ2n) is 2.10. The van der Waals surface area contributed by atoms with Crippen LogP contribution in [0.3, 0.4) is 0 Å². The van der Waals surface area contributed by atoms with E-state index in [2.05, 4.69) is 0 Å². The summed E-state index contributed by atoms with van der Waals surface area (Å²) in [4.78, 5) is 0. The van der Waals surface area contributed by atoms with E-state index in [0.29, 0.717) is 0 Å². The third kappa shape index (κ3) is 1.16. The molecule has 0 aliphatic carbocycles. The van der Waals surface area contributed by atoms with Gasteiger partial charge in [-0.05, 0) is 0 Å². The zero-order chi connectivity index (χ0) is 8.91. The van der Waals surface area contributed by atoms with Crippen molar-refractivity contribution in [2.24, 2.45) is 0 Å². The van der Waals surface area contributed by atoms with Crippen molar-refractivity contribution in [2.45, 2.75) is 3.00 Å². The molecule has 1 heterocycles. The highest BCUT2D eigenvalue weighted by Gasteiger charge is 2.57. The Labute approximate surface area is 74.3 Å². The number of hydrogen-bond acceptors (Lipinski definition) is 4. The fraction of sp³-hybridized carbons (Fsp3) is 1.00. The highest BCUT2D eigenvalue weighted by Crippen LogP contribution is 2.40. The fourth-order valence-corrected chi connectivity index (χ4v) is 5.85. The van der Waals surface area contributed by atoms with Crippen molar-refractivity contribution >= 4 is 42.9 Å². The molecular formula is C3H4Cl2O4S2. The van der Waals surface area contributed by atoms with Crippen LogP contribution >= 0.6 is 23.2 Å². The van der Waals surface area contributed by atoms with Gasteiger partial charge in [0.25, 0.3) is 0 Å². The van der Waals surface area contributed by atoms with Gasteiger partial charge in [0, 0.05) is 0 Å². The van der Waals surface area contributed by atoms with Crippen molar-refractivity contribution in [3.63, 3.8) is 0 Å². The summed E-state index contributed by atoms with van der Waals surface area (Å²) < 4.78 is 40.8. The zero-order valence-electron chi connectivity index (χ0n) is 5.12. The molecule has 0 saturated carbocycles. The summed E-state index contributed by atoms with van der Waals surface area (Å²) in [7, 11) is -7.78. The lowest BCUT2D eigenvalue weighted by Gasteiger charge is -2.08. The SMILES string of the molecule is O=S1(=O)CCS(=O)(=O)C1(Cl)Cl. The van der Waals surface area contributed by atoms with Crippen LogP contribution in [0.15, 0.2) is 0 Å². The Hall–Kier alpha value is 0.480. The van der Waals surface area contributed by atoms with E-state index in [0.717, 1.165) is 0 Å². The van der Waals surface area contributed by atoms with Crippen LogP contribution in [-0.4, -0.2) is 31.3 Å². The van der Waals surface area contributed by atoms with Gasteiger partial charge in [-0.2, -0.15) is 0 Å². The quantitative estimate of drug-likeness (QED) is 0.554. The van der Waals surface area contributed by atoms with Crippen LogP contribution in [0.2, 0.25) is 0 Å². The first kappa shape index (κ1) is 9.57. The average molecular weight is 239 g/mol. The van der Waals surface area contributed by atoms with Crippen molar-refractivity contribution in [1.82, 2.24) is 0 Å². The van der Waals surface area contributed by atoms with E-state index in [1.165, 1.54) is 0 Å². The number of halogens is 2. The van der Waals surface area contributed by atoms with Crippen LogP contribution in [0.1, 0.15) is 0 Å². The smallest absolute Gasteiger partial charge is 0.225 e. The molecule has 0 aromatic rings. The molecule has 1 saturated heterocycles. The molecule has 8 heteroatoms. The van der Waals surface area contributed by atoms with Crippen molar-refractivity contribution in [2.75, 3.05) is 11.5 Å². The molecule has 66 valence electrons. The van der Waals surface area contributed by atoms with Gasteiger partial charge in [-0.3, -0.25) is 0 Å². The normalized spacial score (nSPS) is 31.8. The first-order valence-electron chi connectivity index (χ1n) is 2.53. The van der Waals surface area contributed by atoms with E-state index in [4.69, 9.17) is 23.2 Å². The maximum atomic E-state index is 10.9. The van der Waals surface area contributed by atoms with Gasteiger partial charge in [-0.25, -0.2) is 16.8 Å². The van der Waals surface area contributed by atoms with Crippen molar-refractivity contribution in [1.29, 1.82) is 0 Å². The van der Waals surface area contributed by atoms with Gasteiger partial charge < -0.3 is 0 Å². The van der Waals surface area contributed by atoms with Crippen LogP contribution in [0.4, 0.5) is 0 Å². The summed E-state index contributed by atoms with van der Waals surface area (Å²) in [6.45, 7) is 0. The summed E-state index contributed by atoms with van der Waals surface area (Å²) in [6, 6.07) is 0.